The number of carbonyl (C=O) groups is 3. The lowest BCUT2D eigenvalue weighted by Gasteiger charge is -2.56. The summed E-state index contributed by atoms with van der Waals surface area (Å²) in [5, 5.41) is 14.1. The van der Waals surface area contributed by atoms with E-state index >= 15 is 0 Å². The van der Waals surface area contributed by atoms with E-state index in [1.807, 2.05) is 0 Å². The molecule has 6 heteroatoms. The highest BCUT2D eigenvalue weighted by Gasteiger charge is 2.51. The van der Waals surface area contributed by atoms with Crippen LogP contribution in [0.4, 0.5) is 0 Å². The summed E-state index contributed by atoms with van der Waals surface area (Å²) in [6.45, 7) is 0.573. The molecule has 0 aliphatic heterocycles. The number of unbranched alkanes of at least 4 members (excludes halogenated alkanes) is 2. The third kappa shape index (κ3) is 5.21. The lowest BCUT2D eigenvalue weighted by molar-refractivity contribution is -0.137. The molecule has 0 atom stereocenters. The molecular weight excluding hydrogens is 332 g/mol. The van der Waals surface area contributed by atoms with Crippen LogP contribution in [-0.4, -0.2) is 36.0 Å². The second-order valence-electron chi connectivity index (χ2n) is 8.93. The smallest absolute Gasteiger partial charge is 0.303 e. The number of carboxylic acids is 1. The van der Waals surface area contributed by atoms with Gasteiger partial charge in [-0.05, 0) is 74.5 Å². The molecule has 0 radical (unpaired) electrons. The van der Waals surface area contributed by atoms with E-state index in [0.29, 0.717) is 19.4 Å². The molecule has 0 aromatic rings. The van der Waals surface area contributed by atoms with Crippen LogP contribution in [0, 0.1) is 23.2 Å². The number of rotatable bonds is 10. The summed E-state index contributed by atoms with van der Waals surface area (Å²) >= 11 is 0. The van der Waals surface area contributed by atoms with Gasteiger partial charge in [0.25, 0.3) is 0 Å². The normalized spacial score (nSPS) is 31.6. The monoisotopic (exact) mass is 364 g/mol. The maximum atomic E-state index is 12.4. The van der Waals surface area contributed by atoms with Crippen LogP contribution in [-0.2, 0) is 14.4 Å². The van der Waals surface area contributed by atoms with E-state index in [0.717, 1.165) is 30.6 Å². The Morgan fingerprint density at radius 1 is 0.846 bits per heavy atom. The van der Waals surface area contributed by atoms with Crippen LogP contribution in [0.1, 0.15) is 70.6 Å². The van der Waals surface area contributed by atoms with Gasteiger partial charge in [-0.25, -0.2) is 0 Å². The number of hydrogen-bond acceptors (Lipinski definition) is 3. The highest BCUT2D eigenvalue weighted by atomic mass is 16.4. The summed E-state index contributed by atoms with van der Waals surface area (Å²) in [7, 11) is 0. The van der Waals surface area contributed by atoms with E-state index < -0.39 is 5.97 Å². The van der Waals surface area contributed by atoms with Crippen LogP contribution < -0.4 is 10.6 Å². The zero-order chi connectivity index (χ0) is 18.6. The van der Waals surface area contributed by atoms with Crippen LogP contribution in [0.2, 0.25) is 0 Å². The summed E-state index contributed by atoms with van der Waals surface area (Å²) < 4.78 is 0. The van der Waals surface area contributed by atoms with E-state index in [2.05, 4.69) is 10.6 Å². The van der Waals surface area contributed by atoms with Crippen molar-refractivity contribution in [3.05, 3.63) is 0 Å². The van der Waals surface area contributed by atoms with Crippen molar-refractivity contribution in [2.75, 3.05) is 13.1 Å². The van der Waals surface area contributed by atoms with Gasteiger partial charge in [0.2, 0.25) is 11.8 Å². The van der Waals surface area contributed by atoms with Gasteiger partial charge in [-0.2, -0.15) is 0 Å². The molecule has 0 heterocycles. The Morgan fingerprint density at radius 2 is 1.46 bits per heavy atom. The molecule has 4 rings (SSSR count). The molecule has 4 fully saturated rings. The van der Waals surface area contributed by atoms with Crippen molar-refractivity contribution in [3.8, 4) is 0 Å². The summed E-state index contributed by atoms with van der Waals surface area (Å²) in [4.78, 5) is 34.6. The number of hydrogen-bond donors (Lipinski definition) is 3. The molecule has 0 spiro atoms. The molecule has 4 bridgehead atoms. The SMILES string of the molecule is O=C(O)CCCCCNC(=O)CNC(=O)CC12CC3CC(CC(C3)C1)C2. The van der Waals surface area contributed by atoms with E-state index in [-0.39, 0.29) is 30.2 Å². The largest absolute Gasteiger partial charge is 0.481 e. The predicted octanol–water partition coefficient (Wildman–Crippen LogP) is 2.47. The van der Waals surface area contributed by atoms with Gasteiger partial charge < -0.3 is 15.7 Å². The standard InChI is InChI=1S/C20H32N2O4/c23-17(22-13-18(24)21-5-3-1-2-4-19(25)26)12-20-9-14-6-15(10-20)8-16(7-14)11-20/h14-16H,1-13H2,(H,21,24)(H,22,23)(H,25,26). The topological polar surface area (TPSA) is 95.5 Å². The van der Waals surface area contributed by atoms with Gasteiger partial charge in [0.1, 0.15) is 0 Å². The molecule has 2 amide bonds. The van der Waals surface area contributed by atoms with Crippen molar-refractivity contribution in [1.82, 2.24) is 10.6 Å². The van der Waals surface area contributed by atoms with Gasteiger partial charge in [0, 0.05) is 19.4 Å². The molecule has 3 N–H and O–H groups in total. The average Bonchev–Trinajstić information content (AvgIpc) is 2.54. The Kier molecular flexibility index (Phi) is 6.20. The number of aliphatic carboxylic acids is 1. The molecular formula is C20H32N2O4. The Labute approximate surface area is 155 Å². The summed E-state index contributed by atoms with van der Waals surface area (Å²) in [6, 6.07) is 0. The van der Waals surface area contributed by atoms with Crippen molar-refractivity contribution >= 4 is 17.8 Å². The second kappa shape index (κ2) is 8.40. The molecule has 0 unspecified atom stereocenters. The van der Waals surface area contributed by atoms with Crippen LogP contribution in [0.5, 0.6) is 0 Å². The third-order valence-corrected chi connectivity index (χ3v) is 6.54. The minimum atomic E-state index is -0.782. The van der Waals surface area contributed by atoms with Gasteiger partial charge in [-0.15, -0.1) is 0 Å². The first-order valence-corrected chi connectivity index (χ1v) is 10.2. The second-order valence-corrected chi connectivity index (χ2v) is 8.93. The maximum Gasteiger partial charge on any atom is 0.303 e. The number of amides is 2. The Morgan fingerprint density at radius 3 is 2.04 bits per heavy atom. The van der Waals surface area contributed by atoms with Crippen LogP contribution in [0.15, 0.2) is 0 Å². The van der Waals surface area contributed by atoms with Gasteiger partial charge in [-0.1, -0.05) is 6.42 Å². The molecule has 4 aliphatic rings. The molecule has 4 aliphatic carbocycles. The van der Waals surface area contributed by atoms with Crippen LogP contribution in [0.25, 0.3) is 0 Å². The maximum absolute atomic E-state index is 12.4. The van der Waals surface area contributed by atoms with Crippen molar-refractivity contribution in [2.45, 2.75) is 70.6 Å². The predicted molar refractivity (Wildman–Crippen MR) is 97.3 cm³/mol. The quantitative estimate of drug-likeness (QED) is 0.519. The zero-order valence-corrected chi connectivity index (χ0v) is 15.6. The van der Waals surface area contributed by atoms with Crippen molar-refractivity contribution in [1.29, 1.82) is 0 Å². The summed E-state index contributed by atoms with van der Waals surface area (Å²) in [6.07, 6.45) is 10.7. The Bertz CT molecular complexity index is 511. The lowest BCUT2D eigenvalue weighted by atomic mass is 9.49. The fourth-order valence-corrected chi connectivity index (χ4v) is 5.96. The van der Waals surface area contributed by atoms with Crippen molar-refractivity contribution in [2.24, 2.45) is 23.2 Å². The number of carboxylic acid groups (broad SMARTS) is 1. The first kappa shape index (κ1) is 19.2. The molecule has 0 saturated heterocycles. The van der Waals surface area contributed by atoms with Crippen LogP contribution in [0.3, 0.4) is 0 Å². The third-order valence-electron chi connectivity index (χ3n) is 6.54. The number of carbonyl (C=O) groups excluding carboxylic acids is 2. The highest BCUT2D eigenvalue weighted by Crippen LogP contribution is 2.61. The lowest BCUT2D eigenvalue weighted by Crippen LogP contribution is -2.48. The van der Waals surface area contributed by atoms with E-state index in [1.165, 1.54) is 38.5 Å². The Hall–Kier alpha value is -1.59. The average molecular weight is 364 g/mol. The van der Waals surface area contributed by atoms with Gasteiger partial charge in [0.15, 0.2) is 0 Å². The summed E-state index contributed by atoms with van der Waals surface area (Å²) in [5.41, 5.74) is 0.208. The first-order valence-electron chi connectivity index (χ1n) is 10.2. The van der Waals surface area contributed by atoms with Crippen molar-refractivity contribution < 1.29 is 19.5 Å². The van der Waals surface area contributed by atoms with E-state index in [4.69, 9.17) is 5.11 Å². The Balaban J connectivity index is 1.29. The van der Waals surface area contributed by atoms with E-state index in [1.54, 1.807) is 0 Å². The minimum Gasteiger partial charge on any atom is -0.481 e. The molecule has 26 heavy (non-hydrogen) atoms. The molecule has 6 nitrogen and oxygen atoms in total. The van der Waals surface area contributed by atoms with Gasteiger partial charge >= 0.3 is 5.97 Å². The molecule has 0 aromatic carbocycles. The highest BCUT2D eigenvalue weighted by molar-refractivity contribution is 5.84. The number of nitrogens with one attached hydrogen (secondary N) is 2. The fourth-order valence-electron chi connectivity index (χ4n) is 5.96. The minimum absolute atomic E-state index is 0.0172. The van der Waals surface area contributed by atoms with E-state index in [9.17, 15) is 14.4 Å². The fraction of sp³-hybridized carbons (Fsp3) is 0.850. The first-order chi connectivity index (χ1) is 12.4. The zero-order valence-electron chi connectivity index (χ0n) is 15.6. The summed E-state index contributed by atoms with van der Waals surface area (Å²) in [5.74, 6) is 1.57. The molecule has 146 valence electrons. The van der Waals surface area contributed by atoms with Crippen LogP contribution >= 0.6 is 0 Å². The molecule has 0 aromatic heterocycles. The van der Waals surface area contributed by atoms with Gasteiger partial charge in [-0.3, -0.25) is 14.4 Å². The van der Waals surface area contributed by atoms with Gasteiger partial charge in [0.05, 0.1) is 6.54 Å². The van der Waals surface area contributed by atoms with Crippen molar-refractivity contribution in [3.63, 3.8) is 0 Å². The molecule has 4 saturated carbocycles.